The Morgan fingerprint density at radius 1 is 0.900 bits per heavy atom. The standard InChI is InChI=1S/C12H6Cl5NO2/c13-7-6(8(14)10(16)11(17)9(7)15)5-4(3-19)1-2-18-12(5)20/h1-2,19H,3H2,(H,18,20). The van der Waals surface area contributed by atoms with Gasteiger partial charge >= 0.3 is 0 Å². The van der Waals surface area contributed by atoms with Gasteiger partial charge in [0.1, 0.15) is 0 Å². The Morgan fingerprint density at radius 3 is 1.90 bits per heavy atom. The SMILES string of the molecule is O=c1[nH]ccc(CO)c1-c1c(Cl)c(Cl)c(Cl)c(Cl)c1Cl. The van der Waals surface area contributed by atoms with E-state index in [-0.39, 0.29) is 42.8 Å². The number of nitrogens with one attached hydrogen (secondary N) is 1. The largest absolute Gasteiger partial charge is 0.392 e. The molecule has 1 aromatic carbocycles. The van der Waals surface area contributed by atoms with E-state index in [9.17, 15) is 9.90 Å². The first-order valence-electron chi connectivity index (χ1n) is 5.23. The zero-order valence-corrected chi connectivity index (χ0v) is 13.4. The third kappa shape index (κ3) is 2.54. The Morgan fingerprint density at radius 2 is 1.40 bits per heavy atom. The van der Waals surface area contributed by atoms with Gasteiger partial charge in [-0.2, -0.15) is 0 Å². The zero-order chi connectivity index (χ0) is 15.0. The van der Waals surface area contributed by atoms with Crippen LogP contribution in [0.3, 0.4) is 0 Å². The first kappa shape index (κ1) is 16.0. The van der Waals surface area contributed by atoms with Crippen LogP contribution in [-0.4, -0.2) is 10.1 Å². The van der Waals surface area contributed by atoms with Gasteiger partial charge in [-0.1, -0.05) is 58.0 Å². The number of hydrogen-bond donors (Lipinski definition) is 2. The van der Waals surface area contributed by atoms with Crippen LogP contribution < -0.4 is 5.56 Å². The average molecular weight is 373 g/mol. The van der Waals surface area contributed by atoms with Crippen LogP contribution in [0.1, 0.15) is 5.56 Å². The van der Waals surface area contributed by atoms with Crippen molar-refractivity contribution < 1.29 is 5.11 Å². The van der Waals surface area contributed by atoms with E-state index in [0.29, 0.717) is 5.56 Å². The van der Waals surface area contributed by atoms with Crippen molar-refractivity contribution in [1.29, 1.82) is 0 Å². The molecule has 1 aromatic heterocycles. The van der Waals surface area contributed by atoms with Crippen molar-refractivity contribution in [1.82, 2.24) is 4.98 Å². The van der Waals surface area contributed by atoms with Crippen molar-refractivity contribution in [2.75, 3.05) is 0 Å². The van der Waals surface area contributed by atoms with Gasteiger partial charge in [0.15, 0.2) is 0 Å². The van der Waals surface area contributed by atoms with Crippen LogP contribution in [0.5, 0.6) is 0 Å². The fourth-order valence-corrected chi connectivity index (χ4v) is 3.08. The van der Waals surface area contributed by atoms with Crippen molar-refractivity contribution in [3.63, 3.8) is 0 Å². The third-order valence-electron chi connectivity index (χ3n) is 2.68. The fourth-order valence-electron chi connectivity index (χ4n) is 1.75. The van der Waals surface area contributed by atoms with E-state index in [1.165, 1.54) is 12.3 Å². The second-order valence-corrected chi connectivity index (χ2v) is 5.70. The molecule has 0 bridgehead atoms. The Hall–Kier alpha value is -0.420. The molecule has 0 atom stereocenters. The molecular weight excluding hydrogens is 367 g/mol. The van der Waals surface area contributed by atoms with E-state index in [2.05, 4.69) is 4.98 Å². The highest BCUT2D eigenvalue weighted by atomic mass is 35.5. The minimum Gasteiger partial charge on any atom is -0.392 e. The Balaban J connectivity index is 2.95. The van der Waals surface area contributed by atoms with Crippen LogP contribution in [0.25, 0.3) is 11.1 Å². The Bertz CT molecular complexity index is 712. The molecule has 0 saturated carbocycles. The third-order valence-corrected chi connectivity index (χ3v) is 4.95. The molecule has 8 heteroatoms. The fraction of sp³-hybridized carbons (Fsp3) is 0.0833. The second-order valence-electron chi connectivity index (χ2n) is 3.81. The van der Waals surface area contributed by atoms with Crippen LogP contribution in [0, 0.1) is 0 Å². The molecule has 0 saturated heterocycles. The molecule has 0 fully saturated rings. The summed E-state index contributed by atoms with van der Waals surface area (Å²) < 4.78 is 0. The van der Waals surface area contributed by atoms with E-state index in [1.54, 1.807) is 0 Å². The number of aromatic amines is 1. The Labute approximate surface area is 139 Å². The number of hydrogen-bond acceptors (Lipinski definition) is 2. The molecule has 2 aromatic rings. The van der Waals surface area contributed by atoms with Crippen LogP contribution >= 0.6 is 58.0 Å². The lowest BCUT2D eigenvalue weighted by Gasteiger charge is -2.14. The lowest BCUT2D eigenvalue weighted by atomic mass is 10.0. The summed E-state index contributed by atoms with van der Waals surface area (Å²) >= 11 is 30.1. The van der Waals surface area contributed by atoms with Gasteiger partial charge in [-0.25, -0.2) is 0 Å². The molecule has 0 unspecified atom stereocenters. The molecule has 20 heavy (non-hydrogen) atoms. The van der Waals surface area contributed by atoms with Crippen LogP contribution in [0.15, 0.2) is 17.1 Å². The predicted molar refractivity (Wildman–Crippen MR) is 83.5 cm³/mol. The normalized spacial score (nSPS) is 10.9. The monoisotopic (exact) mass is 371 g/mol. The predicted octanol–water partition coefficient (Wildman–Crippen LogP) is 4.80. The van der Waals surface area contributed by atoms with Gasteiger partial charge in [0.05, 0.1) is 37.3 Å². The summed E-state index contributed by atoms with van der Waals surface area (Å²) in [5.74, 6) is 0. The number of benzene rings is 1. The van der Waals surface area contributed by atoms with E-state index in [4.69, 9.17) is 58.0 Å². The minimum absolute atomic E-state index is 0.00235. The number of H-pyrrole nitrogens is 1. The summed E-state index contributed by atoms with van der Waals surface area (Å²) in [6.45, 7) is -0.371. The molecule has 106 valence electrons. The summed E-state index contributed by atoms with van der Waals surface area (Å²) in [7, 11) is 0. The van der Waals surface area contributed by atoms with Gasteiger partial charge in [-0.3, -0.25) is 4.79 Å². The van der Waals surface area contributed by atoms with Crippen LogP contribution in [0.4, 0.5) is 0 Å². The van der Waals surface area contributed by atoms with Gasteiger partial charge in [0.2, 0.25) is 0 Å². The molecule has 0 aliphatic rings. The highest BCUT2D eigenvalue weighted by Crippen LogP contribution is 2.47. The molecule has 0 radical (unpaired) electrons. The van der Waals surface area contributed by atoms with E-state index in [1.807, 2.05) is 0 Å². The van der Waals surface area contributed by atoms with Crippen molar-refractivity contribution in [2.45, 2.75) is 6.61 Å². The van der Waals surface area contributed by atoms with E-state index < -0.39 is 5.56 Å². The van der Waals surface area contributed by atoms with Crippen LogP contribution in [0.2, 0.25) is 25.1 Å². The maximum Gasteiger partial charge on any atom is 0.256 e. The molecule has 0 aliphatic heterocycles. The number of halogens is 5. The van der Waals surface area contributed by atoms with Gasteiger partial charge in [-0.05, 0) is 11.6 Å². The summed E-state index contributed by atoms with van der Waals surface area (Å²) in [4.78, 5) is 14.5. The zero-order valence-electron chi connectivity index (χ0n) is 9.61. The van der Waals surface area contributed by atoms with Gasteiger partial charge < -0.3 is 10.1 Å². The molecule has 0 amide bonds. The molecule has 1 heterocycles. The number of aliphatic hydroxyl groups is 1. The van der Waals surface area contributed by atoms with E-state index in [0.717, 1.165) is 0 Å². The number of pyridine rings is 1. The first-order chi connectivity index (χ1) is 9.40. The van der Waals surface area contributed by atoms with Gasteiger partial charge in [-0.15, -0.1) is 0 Å². The van der Waals surface area contributed by atoms with Gasteiger partial charge in [0, 0.05) is 11.8 Å². The molecular formula is C12H6Cl5NO2. The number of aromatic nitrogens is 1. The highest BCUT2D eigenvalue weighted by molar-refractivity contribution is 6.56. The molecule has 0 aliphatic carbocycles. The van der Waals surface area contributed by atoms with Crippen molar-refractivity contribution in [3.8, 4) is 11.1 Å². The second kappa shape index (κ2) is 6.14. The molecule has 0 spiro atoms. The summed E-state index contributed by atoms with van der Waals surface area (Å²) in [6.07, 6.45) is 1.40. The smallest absolute Gasteiger partial charge is 0.256 e. The van der Waals surface area contributed by atoms with Crippen molar-refractivity contribution in [3.05, 3.63) is 53.3 Å². The number of rotatable bonds is 2. The lowest BCUT2D eigenvalue weighted by Crippen LogP contribution is -2.12. The van der Waals surface area contributed by atoms with Gasteiger partial charge in [0.25, 0.3) is 5.56 Å². The summed E-state index contributed by atoms with van der Waals surface area (Å²) in [5, 5.41) is 9.33. The number of aliphatic hydroxyl groups excluding tert-OH is 1. The molecule has 3 nitrogen and oxygen atoms in total. The highest BCUT2D eigenvalue weighted by Gasteiger charge is 2.23. The average Bonchev–Trinajstić information content (AvgIpc) is 2.44. The van der Waals surface area contributed by atoms with Crippen LogP contribution in [-0.2, 0) is 6.61 Å². The van der Waals surface area contributed by atoms with Crippen molar-refractivity contribution in [2.24, 2.45) is 0 Å². The maximum atomic E-state index is 12.0. The topological polar surface area (TPSA) is 53.1 Å². The Kier molecular flexibility index (Phi) is 4.90. The minimum atomic E-state index is -0.477. The molecule has 2 N–H and O–H groups in total. The summed E-state index contributed by atoms with van der Waals surface area (Å²) in [5.41, 5.74) is 0.103. The lowest BCUT2D eigenvalue weighted by molar-refractivity contribution is 0.282. The van der Waals surface area contributed by atoms with Crippen molar-refractivity contribution >= 4 is 58.0 Å². The maximum absolute atomic E-state index is 12.0. The summed E-state index contributed by atoms with van der Waals surface area (Å²) in [6, 6.07) is 1.53. The van der Waals surface area contributed by atoms with E-state index >= 15 is 0 Å². The quantitative estimate of drug-likeness (QED) is 0.587. The first-order valence-corrected chi connectivity index (χ1v) is 7.12. The molecule has 2 rings (SSSR count).